The number of carbonyl (C=O) groups excluding carboxylic acids is 2. The Hall–Kier alpha value is -3.14. The van der Waals surface area contributed by atoms with Gasteiger partial charge in [0.15, 0.2) is 5.60 Å². The van der Waals surface area contributed by atoms with Crippen molar-refractivity contribution in [2.75, 3.05) is 38.8 Å². The number of anilines is 1. The molecule has 1 N–H and O–H groups in total. The summed E-state index contributed by atoms with van der Waals surface area (Å²) in [5.41, 5.74) is 0.268. The minimum absolute atomic E-state index is 0.0282. The molecule has 5 atom stereocenters. The molecule has 8 nitrogen and oxygen atoms in total. The molecule has 1 spiro atoms. The first-order valence-electron chi connectivity index (χ1n) is 14.5. The van der Waals surface area contributed by atoms with Gasteiger partial charge in [-0.15, -0.1) is 6.58 Å². The lowest BCUT2D eigenvalue weighted by atomic mass is 9.82. The highest BCUT2D eigenvalue weighted by atomic mass is 28.3. The maximum Gasteiger partial charge on any atom is 0.264 e. The lowest BCUT2D eigenvalue weighted by Crippen LogP contribution is -2.52. The molecule has 0 radical (unpaired) electrons. The summed E-state index contributed by atoms with van der Waals surface area (Å²) < 4.78 is 18.0. The Balaban J connectivity index is 1.62. The first-order valence-corrected chi connectivity index (χ1v) is 17.6. The predicted molar refractivity (Wildman–Crippen MR) is 162 cm³/mol. The second-order valence-corrected chi connectivity index (χ2v) is 16.7. The van der Waals surface area contributed by atoms with Gasteiger partial charge in [0.05, 0.1) is 53.2 Å². The normalized spacial score (nSPS) is 27.4. The summed E-state index contributed by atoms with van der Waals surface area (Å²) in [4.78, 5) is 31.8. The Morgan fingerprint density at radius 3 is 2.49 bits per heavy atom. The Bertz CT molecular complexity index is 1310. The first kappa shape index (κ1) is 29.4. The van der Waals surface area contributed by atoms with E-state index in [2.05, 4.69) is 38.7 Å². The molecule has 9 heteroatoms. The highest BCUT2D eigenvalue weighted by Gasteiger charge is 2.66. The van der Waals surface area contributed by atoms with E-state index in [1.807, 2.05) is 30.3 Å². The van der Waals surface area contributed by atoms with Gasteiger partial charge in [-0.3, -0.25) is 9.59 Å². The number of amides is 2. The van der Waals surface area contributed by atoms with Crippen LogP contribution in [0.4, 0.5) is 5.69 Å². The van der Waals surface area contributed by atoms with Crippen LogP contribution in [0.3, 0.4) is 0 Å². The minimum Gasteiger partial charge on any atom is -0.497 e. The van der Waals surface area contributed by atoms with Crippen LogP contribution in [0.15, 0.2) is 55.1 Å². The van der Waals surface area contributed by atoms with Gasteiger partial charge >= 0.3 is 0 Å². The number of ether oxygens (including phenoxy) is 3. The molecule has 2 fully saturated rings. The molecule has 41 heavy (non-hydrogen) atoms. The number of methoxy groups -OCH3 is 2. The van der Waals surface area contributed by atoms with Crippen molar-refractivity contribution < 1.29 is 28.9 Å². The molecule has 0 bridgehead atoms. The molecule has 0 unspecified atom stereocenters. The largest absolute Gasteiger partial charge is 0.497 e. The fourth-order valence-corrected chi connectivity index (χ4v) is 11.6. The molecule has 2 amide bonds. The van der Waals surface area contributed by atoms with Gasteiger partial charge in [-0.2, -0.15) is 0 Å². The van der Waals surface area contributed by atoms with Gasteiger partial charge in [0, 0.05) is 24.6 Å². The van der Waals surface area contributed by atoms with Crippen molar-refractivity contribution in [3.05, 3.63) is 60.7 Å². The number of carbonyl (C=O) groups is 2. The molecule has 3 heterocycles. The zero-order valence-electron chi connectivity index (χ0n) is 24.8. The van der Waals surface area contributed by atoms with Gasteiger partial charge < -0.3 is 29.1 Å². The Kier molecular flexibility index (Phi) is 8.07. The second kappa shape index (κ2) is 11.3. The summed E-state index contributed by atoms with van der Waals surface area (Å²) >= 11 is 0. The van der Waals surface area contributed by atoms with Crippen LogP contribution in [0.25, 0.3) is 0 Å². The fraction of sp³-hybridized carbons (Fsp3) is 0.500. The van der Waals surface area contributed by atoms with Gasteiger partial charge in [-0.25, -0.2) is 0 Å². The van der Waals surface area contributed by atoms with E-state index in [1.54, 1.807) is 30.1 Å². The van der Waals surface area contributed by atoms with Crippen molar-refractivity contribution >= 4 is 30.8 Å². The molecule has 3 aliphatic rings. The van der Waals surface area contributed by atoms with Gasteiger partial charge in [0.2, 0.25) is 5.91 Å². The van der Waals surface area contributed by atoms with Crippen molar-refractivity contribution in [2.24, 2.45) is 5.92 Å². The third kappa shape index (κ3) is 4.68. The Labute approximate surface area is 243 Å². The molecule has 2 aromatic rings. The number of benzene rings is 2. The highest BCUT2D eigenvalue weighted by Crippen LogP contribution is 2.60. The third-order valence-corrected chi connectivity index (χ3v) is 14.0. The molecule has 0 saturated carbocycles. The van der Waals surface area contributed by atoms with E-state index in [9.17, 15) is 14.7 Å². The quantitative estimate of drug-likeness (QED) is 0.360. The van der Waals surface area contributed by atoms with Crippen LogP contribution >= 0.6 is 0 Å². The van der Waals surface area contributed by atoms with Crippen LogP contribution in [-0.4, -0.2) is 76.0 Å². The van der Waals surface area contributed by atoms with E-state index >= 15 is 0 Å². The SMILES string of the molecule is C=CCN1C(=O)[C@@]2(O[C@@H](CC(=O)N3CCC[C@H]3CO)[C@H]([Si](C)(C)c3ccc(OC)cc3)[C@H]2C)c2cc(OC)ccc21. The van der Waals surface area contributed by atoms with Crippen molar-refractivity contribution in [2.45, 2.75) is 62.6 Å². The van der Waals surface area contributed by atoms with Crippen LogP contribution in [0.5, 0.6) is 11.5 Å². The van der Waals surface area contributed by atoms with E-state index in [0.29, 0.717) is 18.8 Å². The lowest BCUT2D eigenvalue weighted by Gasteiger charge is -2.37. The molecular formula is C32H42N2O6Si. The number of fused-ring (bicyclic) bond motifs is 2. The number of hydrogen-bond acceptors (Lipinski definition) is 6. The maximum absolute atomic E-state index is 14.4. The number of hydrogen-bond donors (Lipinski definition) is 1. The Morgan fingerprint density at radius 2 is 1.85 bits per heavy atom. The second-order valence-electron chi connectivity index (χ2n) is 12.0. The molecule has 5 rings (SSSR count). The fourth-order valence-electron chi connectivity index (χ4n) is 7.57. The average Bonchev–Trinajstić information content (AvgIpc) is 3.64. The predicted octanol–water partition coefficient (Wildman–Crippen LogP) is 3.83. The summed E-state index contributed by atoms with van der Waals surface area (Å²) in [5.74, 6) is 1.07. The van der Waals surface area contributed by atoms with Crippen molar-refractivity contribution in [1.82, 2.24) is 4.90 Å². The van der Waals surface area contributed by atoms with Crippen LogP contribution < -0.4 is 19.6 Å². The molecule has 220 valence electrons. The van der Waals surface area contributed by atoms with E-state index in [1.165, 1.54) is 5.19 Å². The molecule has 2 saturated heterocycles. The zero-order chi connectivity index (χ0) is 29.5. The number of aliphatic hydroxyl groups excluding tert-OH is 1. The number of likely N-dealkylation sites (tertiary alicyclic amines) is 1. The van der Waals surface area contributed by atoms with Gasteiger partial charge in [-0.1, -0.05) is 43.4 Å². The molecule has 3 aliphatic heterocycles. The van der Waals surface area contributed by atoms with Gasteiger partial charge in [0.1, 0.15) is 11.5 Å². The van der Waals surface area contributed by atoms with Crippen molar-refractivity contribution in [3.8, 4) is 11.5 Å². The molecule has 0 aromatic heterocycles. The summed E-state index contributed by atoms with van der Waals surface area (Å²) in [6.45, 7) is 11.5. The van der Waals surface area contributed by atoms with Crippen molar-refractivity contribution in [1.29, 1.82) is 0 Å². The maximum atomic E-state index is 14.4. The molecule has 0 aliphatic carbocycles. The summed E-state index contributed by atoms with van der Waals surface area (Å²) in [7, 11) is 0.898. The standard InChI is InChI=1S/C32H42N2O6Si/c1-7-16-34-27-15-12-24(39-4)18-26(27)32(31(34)37)21(2)30(41(5,6)25-13-10-23(38-3)11-14-25)28(40-32)19-29(36)33-17-8-9-22(33)20-35/h7,10-15,18,21-22,28,30,35H,1,8-9,16-17,19-20H2,2-6H3/t21-,22+,28+,30-,32+/m1/s1. The molecule has 2 aromatic carbocycles. The third-order valence-electron chi connectivity index (χ3n) is 9.64. The van der Waals surface area contributed by atoms with Crippen molar-refractivity contribution in [3.63, 3.8) is 0 Å². The molecular weight excluding hydrogens is 536 g/mol. The topological polar surface area (TPSA) is 88.5 Å². The van der Waals surface area contributed by atoms with Crippen LogP contribution in [0.2, 0.25) is 18.6 Å². The Morgan fingerprint density at radius 1 is 1.17 bits per heavy atom. The number of nitrogens with zero attached hydrogens (tertiary/aromatic N) is 2. The van der Waals surface area contributed by atoms with Crippen LogP contribution in [-0.2, 0) is 19.9 Å². The lowest BCUT2D eigenvalue weighted by molar-refractivity contribution is -0.149. The van der Waals surface area contributed by atoms with Gasteiger partial charge in [-0.05, 0) is 48.7 Å². The highest BCUT2D eigenvalue weighted by molar-refractivity contribution is 6.91. The summed E-state index contributed by atoms with van der Waals surface area (Å²) in [6.07, 6.45) is 3.08. The average molecular weight is 579 g/mol. The van der Waals surface area contributed by atoms with Crippen LogP contribution in [0.1, 0.15) is 31.7 Å². The number of aliphatic hydroxyl groups is 1. The number of rotatable bonds is 9. The monoisotopic (exact) mass is 578 g/mol. The van der Waals surface area contributed by atoms with E-state index < -0.39 is 19.8 Å². The van der Waals surface area contributed by atoms with E-state index in [0.717, 1.165) is 29.8 Å². The van der Waals surface area contributed by atoms with Crippen LogP contribution in [0, 0.1) is 5.92 Å². The smallest absolute Gasteiger partial charge is 0.264 e. The van der Waals surface area contributed by atoms with E-state index in [-0.39, 0.29) is 42.3 Å². The summed E-state index contributed by atoms with van der Waals surface area (Å²) in [6, 6.07) is 13.7. The zero-order valence-corrected chi connectivity index (χ0v) is 25.8. The summed E-state index contributed by atoms with van der Waals surface area (Å²) in [5, 5.41) is 11.1. The minimum atomic E-state index is -2.37. The van der Waals surface area contributed by atoms with Gasteiger partial charge in [0.25, 0.3) is 5.91 Å². The first-order chi connectivity index (χ1) is 19.6. The van der Waals surface area contributed by atoms with E-state index in [4.69, 9.17) is 14.2 Å².